The molecular formula is C24H24F4N2O2. The first-order chi connectivity index (χ1) is 15.1. The van der Waals surface area contributed by atoms with Crippen LogP contribution in [0.15, 0.2) is 42.5 Å². The number of nitrogens with one attached hydrogen (secondary N) is 1. The van der Waals surface area contributed by atoms with Crippen molar-refractivity contribution in [2.45, 2.75) is 50.9 Å². The van der Waals surface area contributed by atoms with Crippen LogP contribution in [0.1, 0.15) is 58.8 Å². The summed E-state index contributed by atoms with van der Waals surface area (Å²) < 4.78 is 53.3. The summed E-state index contributed by atoms with van der Waals surface area (Å²) in [7, 11) is 0. The smallest absolute Gasteiger partial charge is 0.347 e. The van der Waals surface area contributed by atoms with E-state index in [4.69, 9.17) is 0 Å². The number of likely N-dealkylation sites (tertiary alicyclic amines) is 1. The number of amides is 2. The summed E-state index contributed by atoms with van der Waals surface area (Å²) >= 11 is 0. The largest absolute Gasteiger partial charge is 0.416 e. The van der Waals surface area contributed by atoms with Crippen molar-refractivity contribution in [3.05, 3.63) is 70.5 Å². The van der Waals surface area contributed by atoms with Crippen LogP contribution in [0, 0.1) is 18.7 Å². The highest BCUT2D eigenvalue weighted by atomic mass is 19.4. The van der Waals surface area contributed by atoms with E-state index in [0.29, 0.717) is 31.0 Å². The molecule has 32 heavy (non-hydrogen) atoms. The molecule has 8 heteroatoms. The number of carbonyl (C=O) groups is 2. The number of hydrogen-bond donors (Lipinski definition) is 1. The van der Waals surface area contributed by atoms with Gasteiger partial charge >= 0.3 is 6.18 Å². The maximum Gasteiger partial charge on any atom is 0.416 e. The summed E-state index contributed by atoms with van der Waals surface area (Å²) in [5.41, 5.74) is 0.411. The number of hydrogen-bond acceptors (Lipinski definition) is 2. The average molecular weight is 448 g/mol. The Labute approximate surface area is 183 Å². The predicted molar refractivity (Wildman–Crippen MR) is 110 cm³/mol. The molecule has 1 aliphatic carbocycles. The lowest BCUT2D eigenvalue weighted by Gasteiger charge is -2.27. The van der Waals surface area contributed by atoms with Crippen LogP contribution in [0.5, 0.6) is 0 Å². The van der Waals surface area contributed by atoms with Crippen LogP contribution in [0.2, 0.25) is 0 Å². The zero-order valence-electron chi connectivity index (χ0n) is 17.6. The SMILES string of the molecule is Cc1cccc(C(=O)N2CCC[C@@H]2C(=O)N[C@@H](c2ccc(C(F)(F)F)cc2F)C2CC2)c1. The molecule has 0 radical (unpaired) electrons. The highest BCUT2D eigenvalue weighted by molar-refractivity contribution is 5.98. The Bertz CT molecular complexity index is 1030. The first-order valence-electron chi connectivity index (χ1n) is 10.7. The number of carbonyl (C=O) groups excluding carboxylic acids is 2. The summed E-state index contributed by atoms with van der Waals surface area (Å²) in [4.78, 5) is 27.6. The molecule has 4 nitrogen and oxygen atoms in total. The van der Waals surface area contributed by atoms with Gasteiger partial charge in [-0.2, -0.15) is 13.2 Å². The normalized spacial score (nSPS) is 19.7. The molecule has 0 bridgehead atoms. The van der Waals surface area contributed by atoms with Gasteiger partial charge in [-0.15, -0.1) is 0 Å². The minimum atomic E-state index is -4.64. The highest BCUT2D eigenvalue weighted by Gasteiger charge is 2.40. The minimum Gasteiger partial charge on any atom is -0.347 e. The van der Waals surface area contributed by atoms with Gasteiger partial charge in [0.15, 0.2) is 0 Å². The molecule has 1 aliphatic heterocycles. The van der Waals surface area contributed by atoms with Crippen molar-refractivity contribution < 1.29 is 27.2 Å². The molecule has 2 aromatic rings. The molecule has 1 N–H and O–H groups in total. The lowest BCUT2D eigenvalue weighted by atomic mass is 9.99. The van der Waals surface area contributed by atoms with Crippen LogP contribution in [-0.4, -0.2) is 29.3 Å². The molecule has 0 spiro atoms. The van der Waals surface area contributed by atoms with E-state index in [1.165, 1.54) is 4.90 Å². The number of nitrogens with zero attached hydrogens (tertiary/aromatic N) is 1. The third kappa shape index (κ3) is 4.64. The second-order valence-corrected chi connectivity index (χ2v) is 8.58. The van der Waals surface area contributed by atoms with Crippen molar-refractivity contribution in [3.63, 3.8) is 0 Å². The molecule has 1 saturated carbocycles. The second kappa shape index (κ2) is 8.56. The number of benzene rings is 2. The topological polar surface area (TPSA) is 49.4 Å². The lowest BCUT2D eigenvalue weighted by Crippen LogP contribution is -2.47. The Morgan fingerprint density at radius 1 is 1.09 bits per heavy atom. The molecule has 1 saturated heterocycles. The maximum absolute atomic E-state index is 14.6. The summed E-state index contributed by atoms with van der Waals surface area (Å²) in [6.07, 6.45) is -1.99. The standard InChI is InChI=1S/C24H24F4N2O2/c1-14-4-2-5-16(12-14)23(32)30-11-3-6-20(30)22(31)29-21(15-7-8-15)18-10-9-17(13-19(18)25)24(26,27)28/h2,4-5,9-10,12-13,15,20-21H,3,6-8,11H2,1H3,(H,29,31)/t20-,21-/m1/s1. The zero-order chi connectivity index (χ0) is 23.0. The molecule has 0 unspecified atom stereocenters. The maximum atomic E-state index is 14.6. The molecule has 4 rings (SSSR count). The van der Waals surface area contributed by atoms with Crippen molar-refractivity contribution in [3.8, 4) is 0 Å². The fraction of sp³-hybridized carbons (Fsp3) is 0.417. The van der Waals surface area contributed by atoms with Crippen LogP contribution in [0.4, 0.5) is 17.6 Å². The van der Waals surface area contributed by atoms with Gasteiger partial charge in [-0.1, -0.05) is 23.8 Å². The van der Waals surface area contributed by atoms with E-state index < -0.39 is 35.5 Å². The monoisotopic (exact) mass is 448 g/mol. The summed E-state index contributed by atoms with van der Waals surface area (Å²) in [6.45, 7) is 2.32. The van der Waals surface area contributed by atoms with E-state index in [1.807, 2.05) is 13.0 Å². The van der Waals surface area contributed by atoms with Crippen LogP contribution in [0.3, 0.4) is 0 Å². The molecule has 170 valence electrons. The van der Waals surface area contributed by atoms with Gasteiger partial charge in [0.25, 0.3) is 5.91 Å². The summed E-state index contributed by atoms with van der Waals surface area (Å²) in [6, 6.07) is 8.12. The Morgan fingerprint density at radius 3 is 2.47 bits per heavy atom. The van der Waals surface area contributed by atoms with Gasteiger partial charge in [0, 0.05) is 17.7 Å². The number of rotatable bonds is 5. The van der Waals surface area contributed by atoms with Gasteiger partial charge in [-0.05, 0) is 62.8 Å². The molecular weight excluding hydrogens is 424 g/mol. The first-order valence-corrected chi connectivity index (χ1v) is 10.7. The fourth-order valence-corrected chi connectivity index (χ4v) is 4.31. The van der Waals surface area contributed by atoms with Crippen LogP contribution >= 0.6 is 0 Å². The molecule has 2 fully saturated rings. The minimum absolute atomic E-state index is 0.0347. The van der Waals surface area contributed by atoms with Crippen molar-refractivity contribution in [2.75, 3.05) is 6.54 Å². The Kier molecular flexibility index (Phi) is 5.97. The van der Waals surface area contributed by atoms with Gasteiger partial charge in [0.05, 0.1) is 11.6 Å². The molecule has 1 heterocycles. The summed E-state index contributed by atoms with van der Waals surface area (Å²) in [5.74, 6) is -1.67. The van der Waals surface area contributed by atoms with E-state index in [1.54, 1.807) is 18.2 Å². The fourth-order valence-electron chi connectivity index (χ4n) is 4.31. The van der Waals surface area contributed by atoms with Crippen molar-refractivity contribution in [1.29, 1.82) is 0 Å². The molecule has 2 amide bonds. The number of alkyl halides is 3. The third-order valence-corrected chi connectivity index (χ3v) is 6.14. The Morgan fingerprint density at radius 2 is 1.84 bits per heavy atom. The highest BCUT2D eigenvalue weighted by Crippen LogP contribution is 2.43. The average Bonchev–Trinajstić information content (AvgIpc) is 3.46. The number of halogens is 4. The van der Waals surface area contributed by atoms with E-state index in [0.717, 1.165) is 30.5 Å². The molecule has 0 aromatic heterocycles. The van der Waals surface area contributed by atoms with E-state index >= 15 is 0 Å². The van der Waals surface area contributed by atoms with E-state index in [-0.39, 0.29) is 17.4 Å². The van der Waals surface area contributed by atoms with Crippen molar-refractivity contribution >= 4 is 11.8 Å². The molecule has 2 aliphatic rings. The van der Waals surface area contributed by atoms with Crippen molar-refractivity contribution in [1.82, 2.24) is 10.2 Å². The van der Waals surface area contributed by atoms with Gasteiger partial charge in [-0.3, -0.25) is 9.59 Å². The van der Waals surface area contributed by atoms with E-state index in [2.05, 4.69) is 5.32 Å². The Balaban J connectivity index is 1.53. The predicted octanol–water partition coefficient (Wildman–Crippen LogP) is 5.03. The van der Waals surface area contributed by atoms with Gasteiger partial charge in [-0.25, -0.2) is 4.39 Å². The van der Waals surface area contributed by atoms with Crippen molar-refractivity contribution in [2.24, 2.45) is 5.92 Å². The first kappa shape index (κ1) is 22.3. The van der Waals surface area contributed by atoms with Gasteiger partial charge < -0.3 is 10.2 Å². The molecule has 2 aromatic carbocycles. The second-order valence-electron chi connectivity index (χ2n) is 8.58. The zero-order valence-corrected chi connectivity index (χ0v) is 17.6. The van der Waals surface area contributed by atoms with Crippen LogP contribution < -0.4 is 5.32 Å². The van der Waals surface area contributed by atoms with Crippen LogP contribution in [0.25, 0.3) is 0 Å². The molecule has 2 atom stereocenters. The number of aryl methyl sites for hydroxylation is 1. The lowest BCUT2D eigenvalue weighted by molar-refractivity contribution is -0.137. The van der Waals surface area contributed by atoms with Gasteiger partial charge in [0.1, 0.15) is 11.9 Å². The van der Waals surface area contributed by atoms with E-state index in [9.17, 15) is 27.2 Å². The van der Waals surface area contributed by atoms with Crippen LogP contribution in [-0.2, 0) is 11.0 Å². The van der Waals surface area contributed by atoms with Gasteiger partial charge in [0.2, 0.25) is 5.91 Å². The Hall–Kier alpha value is -2.90. The quantitative estimate of drug-likeness (QED) is 0.653. The summed E-state index contributed by atoms with van der Waals surface area (Å²) in [5, 5.41) is 2.83. The third-order valence-electron chi connectivity index (χ3n) is 6.14.